The predicted octanol–water partition coefficient (Wildman–Crippen LogP) is 1.86. The van der Waals surface area contributed by atoms with Gasteiger partial charge in [-0.25, -0.2) is 0 Å². The molecule has 1 rings (SSSR count). The van der Waals surface area contributed by atoms with E-state index in [4.69, 9.17) is 61.6 Å². The SMILES string of the molecule is C=COCCOCCOCCOCCOCCOCCOCCOCCOCCOCCOCCOC1CCCCO1. The molecule has 0 saturated carbocycles. The first-order chi connectivity index (χ1) is 20.9. The first-order valence-electron chi connectivity index (χ1n) is 15.2. The first kappa shape index (κ1) is 39.1. The lowest BCUT2D eigenvalue weighted by Crippen LogP contribution is -2.24. The monoisotopic (exact) mass is 612 g/mol. The topological polar surface area (TPSA) is 120 Å². The molecule has 13 nitrogen and oxygen atoms in total. The molecule has 1 fully saturated rings. The fourth-order valence-electron chi connectivity index (χ4n) is 3.35. The molecule has 1 heterocycles. The van der Waals surface area contributed by atoms with E-state index in [9.17, 15) is 0 Å². The molecule has 1 saturated heterocycles. The predicted molar refractivity (Wildman–Crippen MR) is 154 cm³/mol. The van der Waals surface area contributed by atoms with E-state index in [-0.39, 0.29) is 6.29 Å². The largest absolute Gasteiger partial charge is 0.499 e. The van der Waals surface area contributed by atoms with Crippen molar-refractivity contribution in [1.82, 2.24) is 0 Å². The Morgan fingerprint density at radius 2 is 0.738 bits per heavy atom. The minimum atomic E-state index is -0.0646. The van der Waals surface area contributed by atoms with Gasteiger partial charge in [0.25, 0.3) is 0 Å². The maximum Gasteiger partial charge on any atom is 0.157 e. The van der Waals surface area contributed by atoms with Crippen LogP contribution in [-0.4, -0.2) is 158 Å². The van der Waals surface area contributed by atoms with Gasteiger partial charge in [-0.05, 0) is 19.3 Å². The van der Waals surface area contributed by atoms with Gasteiger partial charge in [-0.15, -0.1) is 0 Å². The summed E-state index contributed by atoms with van der Waals surface area (Å²) < 4.78 is 70.5. The van der Waals surface area contributed by atoms with E-state index >= 15 is 0 Å². The molecule has 0 spiro atoms. The third kappa shape index (κ3) is 30.5. The Labute approximate surface area is 252 Å². The highest BCUT2D eigenvalue weighted by Crippen LogP contribution is 2.13. The van der Waals surface area contributed by atoms with Crippen LogP contribution in [0.2, 0.25) is 0 Å². The fourth-order valence-corrected chi connectivity index (χ4v) is 3.35. The molecule has 0 aromatic heterocycles. The van der Waals surface area contributed by atoms with Crippen LogP contribution in [0.3, 0.4) is 0 Å². The van der Waals surface area contributed by atoms with E-state index in [1.54, 1.807) is 0 Å². The van der Waals surface area contributed by atoms with Crippen molar-refractivity contribution in [2.75, 3.05) is 152 Å². The quantitative estimate of drug-likeness (QED) is 0.0766. The second kappa shape index (κ2) is 34.5. The average molecular weight is 613 g/mol. The Balaban J connectivity index is 1.60. The molecule has 13 heteroatoms. The minimum absolute atomic E-state index is 0.0646. The molecule has 1 aliphatic rings. The molecule has 250 valence electrons. The van der Waals surface area contributed by atoms with Crippen molar-refractivity contribution < 1.29 is 61.6 Å². The van der Waals surface area contributed by atoms with Gasteiger partial charge in [0.15, 0.2) is 6.29 Å². The molecule has 1 unspecified atom stereocenters. The van der Waals surface area contributed by atoms with Crippen LogP contribution in [0.1, 0.15) is 19.3 Å². The molecule has 1 atom stereocenters. The second-order valence-corrected chi connectivity index (χ2v) is 8.83. The van der Waals surface area contributed by atoms with Gasteiger partial charge in [0.1, 0.15) is 6.61 Å². The Morgan fingerprint density at radius 3 is 1.02 bits per heavy atom. The van der Waals surface area contributed by atoms with Gasteiger partial charge < -0.3 is 61.6 Å². The molecule has 0 aromatic carbocycles. The maximum atomic E-state index is 5.60. The van der Waals surface area contributed by atoms with Crippen molar-refractivity contribution in [2.24, 2.45) is 0 Å². The molecule has 0 amide bonds. The normalized spacial score (nSPS) is 15.3. The highest BCUT2D eigenvalue weighted by atomic mass is 16.7. The zero-order valence-corrected chi connectivity index (χ0v) is 25.6. The highest BCUT2D eigenvalue weighted by Gasteiger charge is 2.13. The van der Waals surface area contributed by atoms with Crippen LogP contribution in [0.5, 0.6) is 0 Å². The van der Waals surface area contributed by atoms with Crippen molar-refractivity contribution in [3.05, 3.63) is 12.8 Å². The molecule has 0 radical (unpaired) electrons. The highest BCUT2D eigenvalue weighted by molar-refractivity contribution is 4.53. The van der Waals surface area contributed by atoms with Gasteiger partial charge in [-0.2, -0.15) is 0 Å². The minimum Gasteiger partial charge on any atom is -0.499 e. The van der Waals surface area contributed by atoms with Crippen molar-refractivity contribution in [3.63, 3.8) is 0 Å². The van der Waals surface area contributed by atoms with E-state index in [0.717, 1.165) is 19.4 Å². The van der Waals surface area contributed by atoms with Gasteiger partial charge in [0, 0.05) is 6.61 Å². The summed E-state index contributed by atoms with van der Waals surface area (Å²) in [5.74, 6) is 0. The molecular weight excluding hydrogens is 556 g/mol. The van der Waals surface area contributed by atoms with Gasteiger partial charge >= 0.3 is 0 Å². The van der Waals surface area contributed by atoms with E-state index in [1.807, 2.05) is 0 Å². The lowest BCUT2D eigenvalue weighted by atomic mass is 10.2. The van der Waals surface area contributed by atoms with Crippen LogP contribution < -0.4 is 0 Å². The fraction of sp³-hybridized carbons (Fsp3) is 0.931. The Bertz CT molecular complexity index is 524. The smallest absolute Gasteiger partial charge is 0.157 e. The van der Waals surface area contributed by atoms with Crippen LogP contribution >= 0.6 is 0 Å². The summed E-state index contributed by atoms with van der Waals surface area (Å²) >= 11 is 0. The van der Waals surface area contributed by atoms with Crippen LogP contribution in [0.4, 0.5) is 0 Å². The van der Waals surface area contributed by atoms with Crippen LogP contribution in [0.15, 0.2) is 12.8 Å². The first-order valence-corrected chi connectivity index (χ1v) is 15.2. The third-order valence-electron chi connectivity index (χ3n) is 5.48. The van der Waals surface area contributed by atoms with Crippen LogP contribution in [0, 0.1) is 0 Å². The number of rotatable bonds is 35. The summed E-state index contributed by atoms with van der Waals surface area (Å²) in [6.07, 6.45) is 4.59. The summed E-state index contributed by atoms with van der Waals surface area (Å²) in [7, 11) is 0. The average Bonchev–Trinajstić information content (AvgIpc) is 3.01. The molecule has 0 bridgehead atoms. The lowest BCUT2D eigenvalue weighted by molar-refractivity contribution is -0.169. The number of hydrogen-bond donors (Lipinski definition) is 0. The molecule has 0 N–H and O–H groups in total. The maximum absolute atomic E-state index is 5.60. The van der Waals surface area contributed by atoms with E-state index in [0.29, 0.717) is 145 Å². The van der Waals surface area contributed by atoms with E-state index in [1.165, 1.54) is 12.7 Å². The Hall–Kier alpha value is -0.940. The van der Waals surface area contributed by atoms with E-state index in [2.05, 4.69) is 6.58 Å². The molecule has 0 aromatic rings. The summed E-state index contributed by atoms with van der Waals surface area (Å²) in [6, 6.07) is 0. The van der Waals surface area contributed by atoms with E-state index < -0.39 is 0 Å². The molecular formula is C29H56O13. The molecule has 42 heavy (non-hydrogen) atoms. The van der Waals surface area contributed by atoms with Crippen LogP contribution in [0.25, 0.3) is 0 Å². The summed E-state index contributed by atoms with van der Waals surface area (Å²) in [5.41, 5.74) is 0. The molecule has 0 aliphatic carbocycles. The molecule has 1 aliphatic heterocycles. The third-order valence-corrected chi connectivity index (χ3v) is 5.48. The number of ether oxygens (including phenoxy) is 13. The second-order valence-electron chi connectivity index (χ2n) is 8.83. The summed E-state index contributed by atoms with van der Waals surface area (Å²) in [5, 5.41) is 0. The number of hydrogen-bond acceptors (Lipinski definition) is 13. The Morgan fingerprint density at radius 1 is 0.429 bits per heavy atom. The van der Waals surface area contributed by atoms with Crippen molar-refractivity contribution in [3.8, 4) is 0 Å². The Kier molecular flexibility index (Phi) is 32.2. The van der Waals surface area contributed by atoms with Gasteiger partial charge in [-0.3, -0.25) is 0 Å². The zero-order valence-electron chi connectivity index (χ0n) is 25.6. The van der Waals surface area contributed by atoms with Crippen molar-refractivity contribution in [1.29, 1.82) is 0 Å². The van der Waals surface area contributed by atoms with Gasteiger partial charge in [0.05, 0.1) is 145 Å². The van der Waals surface area contributed by atoms with Gasteiger partial charge in [0.2, 0.25) is 0 Å². The lowest BCUT2D eigenvalue weighted by Gasteiger charge is -2.22. The summed E-state index contributed by atoms with van der Waals surface area (Å²) in [6.45, 7) is 15.7. The summed E-state index contributed by atoms with van der Waals surface area (Å²) in [4.78, 5) is 0. The van der Waals surface area contributed by atoms with Crippen LogP contribution in [-0.2, 0) is 61.6 Å². The van der Waals surface area contributed by atoms with Crippen molar-refractivity contribution in [2.45, 2.75) is 25.6 Å². The van der Waals surface area contributed by atoms with Crippen molar-refractivity contribution >= 4 is 0 Å². The standard InChI is InChI=1S/C29H56O13/c1-2-30-7-8-31-9-10-32-11-12-33-13-14-34-15-16-35-17-18-36-19-20-37-21-22-38-23-24-39-25-26-40-27-28-42-29-5-3-4-6-41-29/h2,29H,1,3-28H2. The van der Waals surface area contributed by atoms with Gasteiger partial charge in [-0.1, -0.05) is 6.58 Å². The zero-order chi connectivity index (χ0) is 29.9.